The van der Waals surface area contributed by atoms with Crippen LogP contribution in [0.5, 0.6) is 0 Å². The smallest absolute Gasteiger partial charge is 0.326 e. The molecule has 1 atom stereocenters. The van der Waals surface area contributed by atoms with Gasteiger partial charge in [-0.05, 0) is 19.1 Å². The number of rotatable bonds is 4. The molecule has 3 aromatic heterocycles. The van der Waals surface area contributed by atoms with Crippen LogP contribution in [0.1, 0.15) is 18.5 Å². The van der Waals surface area contributed by atoms with Crippen LogP contribution in [-0.4, -0.2) is 30.4 Å². The number of para-hydroxylation sites is 1. The van der Waals surface area contributed by atoms with Crippen LogP contribution in [0.2, 0.25) is 0 Å². The van der Waals surface area contributed by atoms with Crippen molar-refractivity contribution in [2.75, 3.05) is 5.73 Å². The predicted molar refractivity (Wildman–Crippen MR) is 109 cm³/mol. The van der Waals surface area contributed by atoms with Crippen molar-refractivity contribution >= 4 is 22.7 Å². The number of hydrogen-bond donors (Lipinski definition) is 2. The van der Waals surface area contributed by atoms with Crippen LogP contribution < -0.4 is 5.73 Å². The predicted octanol–water partition coefficient (Wildman–Crippen LogP) is 3.20. The second-order valence-corrected chi connectivity index (χ2v) is 6.81. The number of nitrogens with zero attached hydrogens (tertiary/aromatic N) is 5. The molecule has 0 aliphatic carbocycles. The van der Waals surface area contributed by atoms with Crippen LogP contribution in [0.4, 0.5) is 5.82 Å². The molecular formula is C21H18N6O2. The zero-order valence-electron chi connectivity index (χ0n) is 15.9. The van der Waals surface area contributed by atoms with E-state index in [1.807, 2.05) is 24.3 Å². The number of carboxylic acids is 1. The lowest BCUT2D eigenvalue weighted by Crippen LogP contribution is -2.14. The summed E-state index contributed by atoms with van der Waals surface area (Å²) in [6.45, 7) is 1.63. The third-order valence-electron chi connectivity index (χ3n) is 4.97. The average molecular weight is 386 g/mol. The number of hydrogen-bond acceptors (Lipinski definition) is 5. The minimum atomic E-state index is -0.930. The average Bonchev–Trinajstić information content (AvgIpc) is 3.30. The molecule has 0 saturated heterocycles. The number of aryl methyl sites for hydroxylation is 1. The van der Waals surface area contributed by atoms with Crippen LogP contribution in [0.15, 0.2) is 48.9 Å². The largest absolute Gasteiger partial charge is 0.480 e. The van der Waals surface area contributed by atoms with E-state index in [0.29, 0.717) is 11.3 Å². The van der Waals surface area contributed by atoms with E-state index in [1.54, 1.807) is 47.9 Å². The summed E-state index contributed by atoms with van der Waals surface area (Å²) in [5.41, 5.74) is 9.87. The van der Waals surface area contributed by atoms with Gasteiger partial charge in [-0.3, -0.25) is 4.68 Å². The van der Waals surface area contributed by atoms with Crippen molar-refractivity contribution in [2.45, 2.75) is 13.0 Å². The van der Waals surface area contributed by atoms with Crippen LogP contribution in [0.3, 0.4) is 0 Å². The molecule has 8 heteroatoms. The number of anilines is 1. The standard InChI is InChI=1S/C21H18N6O2/c1-12(21(28)29)27-11-17(14-5-3-4-6-19(14)27)18-7-15(13-9-24-26(2)10-13)16(8-22)20(23)25-18/h3-7,9-12H,1-2H3,(H2,23,25)(H,28,29). The number of pyridine rings is 1. The van der Waals surface area contributed by atoms with E-state index in [9.17, 15) is 15.2 Å². The molecule has 0 spiro atoms. The summed E-state index contributed by atoms with van der Waals surface area (Å²) < 4.78 is 3.35. The second kappa shape index (κ2) is 6.80. The Morgan fingerprint density at radius 2 is 2.03 bits per heavy atom. The number of nitriles is 1. The van der Waals surface area contributed by atoms with Crippen LogP contribution in [0.25, 0.3) is 33.3 Å². The van der Waals surface area contributed by atoms with Crippen molar-refractivity contribution in [1.29, 1.82) is 5.26 Å². The van der Waals surface area contributed by atoms with Crippen LogP contribution in [-0.2, 0) is 11.8 Å². The first-order chi connectivity index (χ1) is 13.9. The van der Waals surface area contributed by atoms with Crippen molar-refractivity contribution < 1.29 is 9.90 Å². The summed E-state index contributed by atoms with van der Waals surface area (Å²) >= 11 is 0. The lowest BCUT2D eigenvalue weighted by molar-refractivity contribution is -0.140. The Balaban J connectivity index is 1.99. The Labute approximate surface area is 166 Å². The number of aliphatic carboxylic acids is 1. The molecule has 3 N–H and O–H groups in total. The topological polar surface area (TPSA) is 123 Å². The molecule has 0 aliphatic rings. The van der Waals surface area contributed by atoms with E-state index in [-0.39, 0.29) is 11.4 Å². The summed E-state index contributed by atoms with van der Waals surface area (Å²) in [5, 5.41) is 24.1. The highest BCUT2D eigenvalue weighted by atomic mass is 16.4. The molecule has 0 saturated carbocycles. The number of aromatic nitrogens is 4. The van der Waals surface area contributed by atoms with E-state index >= 15 is 0 Å². The van der Waals surface area contributed by atoms with Gasteiger partial charge >= 0.3 is 5.97 Å². The maximum atomic E-state index is 11.6. The molecule has 8 nitrogen and oxygen atoms in total. The Bertz CT molecular complexity index is 1290. The summed E-state index contributed by atoms with van der Waals surface area (Å²) in [7, 11) is 1.79. The van der Waals surface area contributed by atoms with Gasteiger partial charge in [-0.25, -0.2) is 9.78 Å². The first kappa shape index (κ1) is 18.3. The van der Waals surface area contributed by atoms with E-state index in [2.05, 4.69) is 16.2 Å². The minimum absolute atomic E-state index is 0.118. The van der Waals surface area contributed by atoms with Crippen LogP contribution >= 0.6 is 0 Å². The van der Waals surface area contributed by atoms with Crippen molar-refractivity contribution in [3.8, 4) is 28.5 Å². The number of nitrogen functional groups attached to an aromatic ring is 1. The van der Waals surface area contributed by atoms with Gasteiger partial charge in [0.05, 0.1) is 11.9 Å². The van der Waals surface area contributed by atoms with Crippen molar-refractivity contribution in [1.82, 2.24) is 19.3 Å². The molecular weight excluding hydrogens is 368 g/mol. The number of nitrogens with two attached hydrogens (primary N) is 1. The number of benzene rings is 1. The van der Waals surface area contributed by atoms with Gasteiger partial charge in [0, 0.05) is 47.0 Å². The molecule has 29 heavy (non-hydrogen) atoms. The Hall–Kier alpha value is -4.12. The monoisotopic (exact) mass is 386 g/mol. The third kappa shape index (κ3) is 2.99. The maximum absolute atomic E-state index is 11.6. The highest BCUT2D eigenvalue weighted by Crippen LogP contribution is 2.36. The first-order valence-corrected chi connectivity index (χ1v) is 8.93. The number of carbonyl (C=O) groups is 1. The normalized spacial score (nSPS) is 12.0. The van der Waals surface area contributed by atoms with Gasteiger partial charge in [-0.1, -0.05) is 18.2 Å². The SMILES string of the molecule is CC(C(=O)O)n1cc(-c2cc(-c3cnn(C)c3)c(C#N)c(N)n2)c2ccccc21. The molecule has 0 fully saturated rings. The summed E-state index contributed by atoms with van der Waals surface area (Å²) in [5.74, 6) is -0.812. The highest BCUT2D eigenvalue weighted by molar-refractivity contribution is 5.97. The van der Waals surface area contributed by atoms with Crippen LogP contribution in [0, 0.1) is 11.3 Å². The Morgan fingerprint density at radius 3 is 2.69 bits per heavy atom. The van der Waals surface area contributed by atoms with Crippen molar-refractivity contribution in [3.63, 3.8) is 0 Å². The van der Waals surface area contributed by atoms with Gasteiger partial charge in [0.25, 0.3) is 0 Å². The third-order valence-corrected chi connectivity index (χ3v) is 4.97. The molecule has 0 bridgehead atoms. The summed E-state index contributed by atoms with van der Waals surface area (Å²) in [4.78, 5) is 16.0. The van der Waals surface area contributed by atoms with Gasteiger partial charge in [0.15, 0.2) is 0 Å². The zero-order valence-corrected chi connectivity index (χ0v) is 15.9. The minimum Gasteiger partial charge on any atom is -0.480 e. The summed E-state index contributed by atoms with van der Waals surface area (Å²) in [6.07, 6.45) is 5.23. The van der Waals surface area contributed by atoms with E-state index in [0.717, 1.165) is 22.0 Å². The maximum Gasteiger partial charge on any atom is 0.326 e. The molecule has 3 heterocycles. The van der Waals surface area contributed by atoms with Gasteiger partial charge in [-0.2, -0.15) is 10.4 Å². The molecule has 1 aromatic carbocycles. The molecule has 144 valence electrons. The summed E-state index contributed by atoms with van der Waals surface area (Å²) in [6, 6.07) is 10.7. The fourth-order valence-corrected chi connectivity index (χ4v) is 3.46. The van der Waals surface area contributed by atoms with Crippen molar-refractivity contribution in [2.24, 2.45) is 7.05 Å². The Kier molecular flexibility index (Phi) is 4.28. The molecule has 0 amide bonds. The van der Waals surface area contributed by atoms with Gasteiger partial charge in [-0.15, -0.1) is 0 Å². The van der Waals surface area contributed by atoms with E-state index in [1.165, 1.54) is 0 Å². The second-order valence-electron chi connectivity index (χ2n) is 6.81. The fourth-order valence-electron chi connectivity index (χ4n) is 3.46. The fraction of sp³-hybridized carbons (Fsp3) is 0.143. The van der Waals surface area contributed by atoms with Gasteiger partial charge < -0.3 is 15.4 Å². The zero-order chi connectivity index (χ0) is 20.7. The molecule has 0 radical (unpaired) electrons. The molecule has 1 unspecified atom stereocenters. The number of fused-ring (bicyclic) bond motifs is 1. The highest BCUT2D eigenvalue weighted by Gasteiger charge is 2.21. The Morgan fingerprint density at radius 1 is 1.28 bits per heavy atom. The van der Waals surface area contributed by atoms with Crippen molar-refractivity contribution in [3.05, 3.63) is 54.5 Å². The van der Waals surface area contributed by atoms with Gasteiger partial charge in [0.2, 0.25) is 0 Å². The van der Waals surface area contributed by atoms with Gasteiger partial charge in [0.1, 0.15) is 23.5 Å². The molecule has 4 aromatic rings. The quantitative estimate of drug-likeness (QED) is 0.555. The van der Waals surface area contributed by atoms with E-state index in [4.69, 9.17) is 5.73 Å². The molecule has 0 aliphatic heterocycles. The molecule has 4 rings (SSSR count). The number of carboxylic acid groups (broad SMARTS) is 1. The first-order valence-electron chi connectivity index (χ1n) is 8.93. The van der Waals surface area contributed by atoms with E-state index < -0.39 is 12.0 Å². The lowest BCUT2D eigenvalue weighted by atomic mass is 10.0. The lowest BCUT2D eigenvalue weighted by Gasteiger charge is -2.10.